The van der Waals surface area contributed by atoms with E-state index in [4.69, 9.17) is 4.74 Å². The summed E-state index contributed by atoms with van der Waals surface area (Å²) in [4.78, 5) is 14.0. The minimum Gasteiger partial charge on any atom is -0.497 e. The van der Waals surface area contributed by atoms with Crippen LogP contribution in [0.25, 0.3) is 0 Å². The lowest BCUT2D eigenvalue weighted by Gasteiger charge is -2.14. The van der Waals surface area contributed by atoms with Crippen molar-refractivity contribution in [1.82, 2.24) is 14.3 Å². The minimum atomic E-state index is -4.10. The zero-order valence-corrected chi connectivity index (χ0v) is 13.6. The third-order valence-corrected chi connectivity index (χ3v) is 4.82. The van der Waals surface area contributed by atoms with E-state index in [-0.39, 0.29) is 5.75 Å². The summed E-state index contributed by atoms with van der Waals surface area (Å²) in [6.07, 6.45) is 3.21. The molecule has 1 aromatic carbocycles. The number of benzene rings is 1. The number of imidazole rings is 1. The van der Waals surface area contributed by atoms with E-state index >= 15 is 0 Å². The lowest BCUT2D eigenvalue weighted by atomic mass is 10.3. The number of rotatable bonds is 6. The van der Waals surface area contributed by atoms with Crippen molar-refractivity contribution in [1.29, 1.82) is 0 Å². The summed E-state index contributed by atoms with van der Waals surface area (Å²) >= 11 is 0. The molecule has 1 unspecified atom stereocenters. The summed E-state index contributed by atoms with van der Waals surface area (Å²) in [5.74, 6) is 0.692. The van der Waals surface area contributed by atoms with Crippen molar-refractivity contribution in [3.63, 3.8) is 0 Å². The molecule has 2 rings (SSSR count). The Morgan fingerprint density at radius 2 is 2.13 bits per heavy atom. The van der Waals surface area contributed by atoms with Crippen molar-refractivity contribution in [2.24, 2.45) is 7.05 Å². The molecule has 124 valence electrons. The Labute approximate surface area is 133 Å². The van der Waals surface area contributed by atoms with Crippen LogP contribution in [0.1, 0.15) is 18.8 Å². The average molecular weight is 340 g/mol. The Bertz CT molecular complexity index is 831. The van der Waals surface area contributed by atoms with Gasteiger partial charge in [0.15, 0.2) is 4.90 Å². The highest BCUT2D eigenvalue weighted by molar-refractivity contribution is 7.89. The number of nitrogens with zero attached hydrogens (tertiary/aromatic N) is 3. The van der Waals surface area contributed by atoms with Gasteiger partial charge in [-0.3, -0.25) is 10.1 Å². The number of ether oxygens (including phenoxy) is 1. The van der Waals surface area contributed by atoms with Crippen LogP contribution < -0.4 is 9.46 Å². The van der Waals surface area contributed by atoms with Gasteiger partial charge in [-0.1, -0.05) is 0 Å². The van der Waals surface area contributed by atoms with E-state index in [1.54, 1.807) is 24.7 Å². The van der Waals surface area contributed by atoms with Crippen LogP contribution in [0, 0.1) is 10.1 Å². The van der Waals surface area contributed by atoms with Crippen molar-refractivity contribution in [3.8, 4) is 5.75 Å². The second kappa shape index (κ2) is 6.34. The topological polar surface area (TPSA) is 116 Å². The van der Waals surface area contributed by atoms with Crippen molar-refractivity contribution in [2.75, 3.05) is 7.11 Å². The van der Waals surface area contributed by atoms with Crippen LogP contribution in [-0.2, 0) is 17.1 Å². The summed E-state index contributed by atoms with van der Waals surface area (Å²) < 4.78 is 33.9. The molecule has 1 N–H and O–H groups in total. The molecule has 0 radical (unpaired) electrons. The molecule has 0 amide bonds. The second-order valence-corrected chi connectivity index (χ2v) is 6.51. The van der Waals surface area contributed by atoms with E-state index in [0.717, 1.165) is 12.1 Å². The molecule has 1 aromatic heterocycles. The molecule has 23 heavy (non-hydrogen) atoms. The smallest absolute Gasteiger partial charge is 0.293 e. The zero-order chi connectivity index (χ0) is 17.2. The fourth-order valence-electron chi connectivity index (χ4n) is 2.14. The van der Waals surface area contributed by atoms with Crippen LogP contribution in [0.5, 0.6) is 5.75 Å². The molecule has 10 heteroatoms. The normalized spacial score (nSPS) is 12.8. The maximum atomic E-state index is 12.5. The number of nitro groups is 1. The number of aryl methyl sites for hydroxylation is 1. The minimum absolute atomic E-state index is 0.202. The Balaban J connectivity index is 2.40. The Morgan fingerprint density at radius 3 is 2.65 bits per heavy atom. The zero-order valence-electron chi connectivity index (χ0n) is 12.8. The van der Waals surface area contributed by atoms with Crippen LogP contribution in [0.2, 0.25) is 0 Å². The first-order chi connectivity index (χ1) is 10.8. The quantitative estimate of drug-likeness (QED) is 0.627. The van der Waals surface area contributed by atoms with E-state index in [1.165, 1.54) is 19.4 Å². The van der Waals surface area contributed by atoms with Crippen LogP contribution in [0.4, 0.5) is 5.69 Å². The molecule has 0 spiro atoms. The van der Waals surface area contributed by atoms with Gasteiger partial charge in [-0.05, 0) is 19.1 Å². The maximum absolute atomic E-state index is 12.5. The SMILES string of the molecule is COc1ccc(S(=O)(=O)NC(C)c2nccn2C)c([N+](=O)[O-])c1. The molecular weight excluding hydrogens is 324 g/mol. The lowest BCUT2D eigenvalue weighted by molar-refractivity contribution is -0.387. The number of hydrogen-bond acceptors (Lipinski definition) is 6. The van der Waals surface area contributed by atoms with Crippen LogP contribution >= 0.6 is 0 Å². The molecule has 0 aliphatic heterocycles. The van der Waals surface area contributed by atoms with Gasteiger partial charge in [0, 0.05) is 19.4 Å². The van der Waals surface area contributed by atoms with E-state index in [9.17, 15) is 18.5 Å². The highest BCUT2D eigenvalue weighted by Gasteiger charge is 2.28. The Kier molecular flexibility index (Phi) is 4.66. The largest absolute Gasteiger partial charge is 0.497 e. The van der Waals surface area contributed by atoms with E-state index in [2.05, 4.69) is 9.71 Å². The third-order valence-electron chi connectivity index (χ3n) is 3.23. The number of nitrogens with one attached hydrogen (secondary N) is 1. The predicted octanol–water partition coefficient (Wildman–Crippen LogP) is 1.38. The molecule has 2 aromatic rings. The number of methoxy groups -OCH3 is 1. The highest BCUT2D eigenvalue weighted by Crippen LogP contribution is 2.29. The van der Waals surface area contributed by atoms with Crippen molar-refractivity contribution < 1.29 is 18.1 Å². The maximum Gasteiger partial charge on any atom is 0.293 e. The number of aromatic nitrogens is 2. The van der Waals surface area contributed by atoms with Gasteiger partial charge in [-0.25, -0.2) is 18.1 Å². The standard InChI is InChI=1S/C13H16N4O5S/c1-9(13-14-6-7-16(13)2)15-23(20,21)12-5-4-10(22-3)8-11(12)17(18)19/h4-9,15H,1-3H3. The van der Waals surface area contributed by atoms with Gasteiger partial charge in [-0.15, -0.1) is 0 Å². The summed E-state index contributed by atoms with van der Waals surface area (Å²) in [6, 6.07) is 2.92. The van der Waals surface area contributed by atoms with Crippen molar-refractivity contribution >= 4 is 15.7 Å². The van der Waals surface area contributed by atoms with Gasteiger partial charge in [-0.2, -0.15) is 0 Å². The molecule has 0 saturated carbocycles. The Hall–Kier alpha value is -2.46. The van der Waals surface area contributed by atoms with Gasteiger partial charge < -0.3 is 9.30 Å². The summed E-state index contributed by atoms with van der Waals surface area (Å²) in [6.45, 7) is 1.61. The van der Waals surface area contributed by atoms with E-state index in [0.29, 0.717) is 5.82 Å². The predicted molar refractivity (Wildman–Crippen MR) is 81.6 cm³/mol. The van der Waals surface area contributed by atoms with Crippen molar-refractivity contribution in [2.45, 2.75) is 17.9 Å². The summed E-state index contributed by atoms with van der Waals surface area (Å²) in [5.41, 5.74) is -0.552. The summed E-state index contributed by atoms with van der Waals surface area (Å²) in [5, 5.41) is 11.1. The first-order valence-electron chi connectivity index (χ1n) is 6.58. The fraction of sp³-hybridized carbons (Fsp3) is 0.308. The highest BCUT2D eigenvalue weighted by atomic mass is 32.2. The van der Waals surface area contributed by atoms with Gasteiger partial charge >= 0.3 is 0 Å². The van der Waals surface area contributed by atoms with Crippen LogP contribution in [0.3, 0.4) is 0 Å². The average Bonchev–Trinajstić information content (AvgIpc) is 2.92. The fourth-order valence-corrected chi connectivity index (χ4v) is 3.49. The molecule has 1 heterocycles. The first-order valence-corrected chi connectivity index (χ1v) is 8.06. The van der Waals surface area contributed by atoms with Crippen LogP contribution in [-0.4, -0.2) is 30.0 Å². The molecule has 1 atom stereocenters. The third kappa shape index (κ3) is 3.48. The molecule has 0 aliphatic rings. The van der Waals surface area contributed by atoms with E-state index < -0.39 is 31.6 Å². The molecule has 0 bridgehead atoms. The molecular formula is C13H16N4O5S. The molecule has 0 fully saturated rings. The molecule has 9 nitrogen and oxygen atoms in total. The van der Waals surface area contributed by atoms with Crippen LogP contribution in [0.15, 0.2) is 35.5 Å². The monoisotopic (exact) mass is 340 g/mol. The Morgan fingerprint density at radius 1 is 1.43 bits per heavy atom. The van der Waals surface area contributed by atoms with Gasteiger partial charge in [0.1, 0.15) is 11.6 Å². The first kappa shape index (κ1) is 16.9. The summed E-state index contributed by atoms with van der Waals surface area (Å²) in [7, 11) is -1.04. The van der Waals surface area contributed by atoms with Crippen molar-refractivity contribution in [3.05, 3.63) is 46.5 Å². The van der Waals surface area contributed by atoms with E-state index in [1.807, 2.05) is 0 Å². The second-order valence-electron chi connectivity index (χ2n) is 4.83. The van der Waals surface area contributed by atoms with Gasteiger partial charge in [0.25, 0.3) is 5.69 Å². The van der Waals surface area contributed by atoms with Gasteiger partial charge in [0.2, 0.25) is 10.0 Å². The lowest BCUT2D eigenvalue weighted by Crippen LogP contribution is -2.29. The molecule has 0 aliphatic carbocycles. The number of nitro benzene ring substituents is 1. The molecule has 0 saturated heterocycles. The number of hydrogen-bond donors (Lipinski definition) is 1. The van der Waals surface area contributed by atoms with Gasteiger partial charge in [0.05, 0.1) is 24.1 Å². The number of sulfonamides is 1.